The summed E-state index contributed by atoms with van der Waals surface area (Å²) in [5.74, 6) is 1.68. The standard InChI is InChI=1S/C17H24O2/c1-2-19-17-10-8-15(9-11-17)12-13-18-14-16-6-4-3-5-7-16/h8-13,16H,2-7,14H2,1H3. The largest absolute Gasteiger partial charge is 0.501 e. The van der Waals surface area contributed by atoms with Gasteiger partial charge in [0.25, 0.3) is 0 Å². The topological polar surface area (TPSA) is 18.5 Å². The first-order valence-corrected chi connectivity index (χ1v) is 7.39. The van der Waals surface area contributed by atoms with Crippen LogP contribution >= 0.6 is 0 Å². The molecule has 2 heteroatoms. The zero-order valence-electron chi connectivity index (χ0n) is 11.8. The zero-order valence-corrected chi connectivity index (χ0v) is 11.8. The second kappa shape index (κ2) is 7.88. The summed E-state index contributed by atoms with van der Waals surface area (Å²) in [7, 11) is 0. The Balaban J connectivity index is 1.72. The lowest BCUT2D eigenvalue weighted by Crippen LogP contribution is -2.11. The van der Waals surface area contributed by atoms with Crippen molar-refractivity contribution in [1.29, 1.82) is 0 Å². The van der Waals surface area contributed by atoms with Gasteiger partial charge in [-0.25, -0.2) is 0 Å². The second-order valence-electron chi connectivity index (χ2n) is 5.14. The molecule has 0 bridgehead atoms. The highest BCUT2D eigenvalue weighted by molar-refractivity contribution is 5.49. The Hall–Kier alpha value is -1.44. The fraction of sp³-hybridized carbons (Fsp3) is 0.529. The van der Waals surface area contributed by atoms with E-state index >= 15 is 0 Å². The first-order valence-electron chi connectivity index (χ1n) is 7.39. The molecule has 1 fully saturated rings. The highest BCUT2D eigenvalue weighted by atomic mass is 16.5. The van der Waals surface area contributed by atoms with Crippen molar-refractivity contribution in [2.24, 2.45) is 5.92 Å². The van der Waals surface area contributed by atoms with Gasteiger partial charge in [-0.05, 0) is 49.5 Å². The minimum atomic E-state index is 0.708. The maximum absolute atomic E-state index is 5.64. The van der Waals surface area contributed by atoms with Gasteiger partial charge in [0.2, 0.25) is 0 Å². The Morgan fingerprint density at radius 3 is 2.53 bits per heavy atom. The van der Waals surface area contributed by atoms with Gasteiger partial charge >= 0.3 is 0 Å². The van der Waals surface area contributed by atoms with Crippen LogP contribution in [0.4, 0.5) is 0 Å². The fourth-order valence-corrected chi connectivity index (χ4v) is 2.51. The van der Waals surface area contributed by atoms with E-state index in [1.54, 1.807) is 0 Å². The van der Waals surface area contributed by atoms with Crippen LogP contribution in [0, 0.1) is 5.92 Å². The van der Waals surface area contributed by atoms with Gasteiger partial charge in [-0.1, -0.05) is 31.4 Å². The molecular weight excluding hydrogens is 236 g/mol. The van der Waals surface area contributed by atoms with E-state index in [4.69, 9.17) is 9.47 Å². The van der Waals surface area contributed by atoms with Crippen molar-refractivity contribution in [1.82, 2.24) is 0 Å². The fourth-order valence-electron chi connectivity index (χ4n) is 2.51. The summed E-state index contributed by atoms with van der Waals surface area (Å²) >= 11 is 0. The Morgan fingerprint density at radius 1 is 1.11 bits per heavy atom. The van der Waals surface area contributed by atoms with E-state index in [0.29, 0.717) is 6.61 Å². The van der Waals surface area contributed by atoms with Crippen molar-refractivity contribution in [2.45, 2.75) is 39.0 Å². The molecule has 0 spiro atoms. The maximum atomic E-state index is 5.64. The van der Waals surface area contributed by atoms with Crippen LogP contribution in [-0.2, 0) is 4.74 Å². The van der Waals surface area contributed by atoms with Crippen LogP contribution in [-0.4, -0.2) is 13.2 Å². The molecule has 0 amide bonds. The molecule has 1 aliphatic carbocycles. The Bertz CT molecular complexity index is 375. The molecule has 0 aromatic heterocycles. The predicted octanol–water partition coefficient (Wildman–Crippen LogP) is 4.65. The summed E-state index contributed by atoms with van der Waals surface area (Å²) in [5, 5.41) is 0. The Labute approximate surface area is 116 Å². The third kappa shape index (κ3) is 4.98. The smallest absolute Gasteiger partial charge is 0.119 e. The maximum Gasteiger partial charge on any atom is 0.119 e. The number of rotatable bonds is 6. The molecule has 2 rings (SSSR count). The average molecular weight is 260 g/mol. The van der Waals surface area contributed by atoms with E-state index in [1.165, 1.54) is 32.1 Å². The zero-order chi connectivity index (χ0) is 13.3. The summed E-state index contributed by atoms with van der Waals surface area (Å²) in [4.78, 5) is 0. The summed E-state index contributed by atoms with van der Waals surface area (Å²) in [6.45, 7) is 3.57. The van der Waals surface area contributed by atoms with Crippen LogP contribution in [0.15, 0.2) is 30.5 Å². The van der Waals surface area contributed by atoms with E-state index in [-0.39, 0.29) is 0 Å². The Kier molecular flexibility index (Phi) is 5.80. The molecule has 0 N–H and O–H groups in total. The van der Waals surface area contributed by atoms with Gasteiger partial charge in [-0.2, -0.15) is 0 Å². The minimum Gasteiger partial charge on any atom is -0.501 e. The van der Waals surface area contributed by atoms with Crippen molar-refractivity contribution in [2.75, 3.05) is 13.2 Å². The molecule has 1 aromatic carbocycles. The van der Waals surface area contributed by atoms with Crippen LogP contribution in [0.1, 0.15) is 44.6 Å². The molecule has 0 radical (unpaired) electrons. The summed E-state index contributed by atoms with van der Waals surface area (Å²) in [6.07, 6.45) is 10.6. The third-order valence-corrected chi connectivity index (χ3v) is 3.60. The normalized spacial score (nSPS) is 16.7. The molecule has 1 aromatic rings. The van der Waals surface area contributed by atoms with Crippen molar-refractivity contribution in [3.05, 3.63) is 36.1 Å². The van der Waals surface area contributed by atoms with Crippen LogP contribution < -0.4 is 4.74 Å². The van der Waals surface area contributed by atoms with Gasteiger partial charge in [-0.15, -0.1) is 0 Å². The molecule has 1 saturated carbocycles. The molecule has 2 nitrogen and oxygen atoms in total. The molecule has 1 aliphatic rings. The van der Waals surface area contributed by atoms with Crippen LogP contribution in [0.3, 0.4) is 0 Å². The van der Waals surface area contributed by atoms with E-state index < -0.39 is 0 Å². The molecular formula is C17H24O2. The van der Waals surface area contributed by atoms with Gasteiger partial charge in [-0.3, -0.25) is 0 Å². The number of benzene rings is 1. The first-order chi connectivity index (χ1) is 9.38. The number of hydrogen-bond donors (Lipinski definition) is 0. The average Bonchev–Trinajstić information content (AvgIpc) is 2.47. The number of ether oxygens (including phenoxy) is 2. The summed E-state index contributed by atoms with van der Waals surface area (Å²) < 4.78 is 11.1. The SMILES string of the molecule is CCOc1ccc(C=COCC2CCCCC2)cc1. The van der Waals surface area contributed by atoms with Crippen molar-refractivity contribution in [3.63, 3.8) is 0 Å². The molecule has 0 saturated heterocycles. The second-order valence-corrected chi connectivity index (χ2v) is 5.14. The van der Waals surface area contributed by atoms with E-state index in [1.807, 2.05) is 43.5 Å². The van der Waals surface area contributed by atoms with Crippen LogP contribution in [0.2, 0.25) is 0 Å². The number of hydrogen-bond acceptors (Lipinski definition) is 2. The van der Waals surface area contributed by atoms with Gasteiger partial charge in [0, 0.05) is 0 Å². The van der Waals surface area contributed by atoms with Crippen LogP contribution in [0.25, 0.3) is 6.08 Å². The summed E-state index contributed by atoms with van der Waals surface area (Å²) in [5.41, 5.74) is 1.15. The molecule has 0 heterocycles. The molecule has 0 unspecified atom stereocenters. The van der Waals surface area contributed by atoms with Crippen molar-refractivity contribution >= 4 is 6.08 Å². The quantitative estimate of drug-likeness (QED) is 0.693. The third-order valence-electron chi connectivity index (χ3n) is 3.60. The molecule has 0 atom stereocenters. The van der Waals surface area contributed by atoms with Crippen molar-refractivity contribution < 1.29 is 9.47 Å². The Morgan fingerprint density at radius 2 is 1.84 bits per heavy atom. The van der Waals surface area contributed by atoms with Crippen molar-refractivity contribution in [3.8, 4) is 5.75 Å². The lowest BCUT2D eigenvalue weighted by Gasteiger charge is -2.20. The monoisotopic (exact) mass is 260 g/mol. The van der Waals surface area contributed by atoms with E-state index in [2.05, 4.69) is 0 Å². The van der Waals surface area contributed by atoms with E-state index in [9.17, 15) is 0 Å². The highest BCUT2D eigenvalue weighted by Gasteiger charge is 2.12. The van der Waals surface area contributed by atoms with Gasteiger partial charge < -0.3 is 9.47 Å². The van der Waals surface area contributed by atoms with Gasteiger partial charge in [0.1, 0.15) is 5.75 Å². The molecule has 104 valence electrons. The van der Waals surface area contributed by atoms with Gasteiger partial charge in [0.15, 0.2) is 0 Å². The lowest BCUT2D eigenvalue weighted by molar-refractivity contribution is 0.167. The van der Waals surface area contributed by atoms with Crippen LogP contribution in [0.5, 0.6) is 5.75 Å². The predicted molar refractivity (Wildman–Crippen MR) is 79.2 cm³/mol. The highest BCUT2D eigenvalue weighted by Crippen LogP contribution is 2.23. The van der Waals surface area contributed by atoms with E-state index in [0.717, 1.165) is 23.8 Å². The first kappa shape index (κ1) is 14.0. The van der Waals surface area contributed by atoms with Gasteiger partial charge in [0.05, 0.1) is 19.5 Å². The summed E-state index contributed by atoms with van der Waals surface area (Å²) in [6, 6.07) is 8.07. The lowest BCUT2D eigenvalue weighted by atomic mass is 9.90. The molecule has 19 heavy (non-hydrogen) atoms. The minimum absolute atomic E-state index is 0.708. The molecule has 0 aliphatic heterocycles.